The summed E-state index contributed by atoms with van der Waals surface area (Å²) in [7, 11) is 2.00. The Hall–Kier alpha value is -0.725. The Morgan fingerprint density at radius 2 is 2.12 bits per heavy atom. The molecule has 1 heterocycles. The van der Waals surface area contributed by atoms with Gasteiger partial charge in [-0.2, -0.15) is 0 Å². The molecule has 1 N–H and O–H groups in total. The summed E-state index contributed by atoms with van der Waals surface area (Å²) in [6.07, 6.45) is 5.08. The second-order valence-corrected chi connectivity index (χ2v) is 1.34. The van der Waals surface area contributed by atoms with E-state index in [1.54, 1.807) is 18.7 Å². The maximum Gasteiger partial charge on any atom is 0.102 e. The van der Waals surface area contributed by atoms with Crippen LogP contribution in [0.25, 0.3) is 0 Å². The minimum atomic E-state index is 1.62. The number of aromatic amines is 1. The topological polar surface area (TPSA) is 28.7 Å². The normalized spacial score (nSPS) is 6.75. The summed E-state index contributed by atoms with van der Waals surface area (Å²) in [5.74, 6) is 0. The van der Waals surface area contributed by atoms with Crippen LogP contribution in [-0.4, -0.2) is 17.2 Å². The van der Waals surface area contributed by atoms with Gasteiger partial charge >= 0.3 is 0 Å². The minimum Gasteiger partial charge on any atom is -0.351 e. The average molecular weight is 109 g/mol. The molecule has 0 bridgehead atoms. The molecule has 43 valence electrons. The first kappa shape index (κ1) is 7.27. The quantitative estimate of drug-likeness (QED) is 0.498. The lowest BCUT2D eigenvalue weighted by atomic mass is 9.88. The maximum atomic E-state index is 3.67. The van der Waals surface area contributed by atoms with Gasteiger partial charge in [0.25, 0.3) is 0 Å². The highest BCUT2D eigenvalue weighted by atomic mass is 14.8. The van der Waals surface area contributed by atoms with Crippen LogP contribution in [0.1, 0.15) is 0 Å². The van der Waals surface area contributed by atoms with E-state index < -0.39 is 0 Å². The molecule has 0 aliphatic heterocycles. The number of aromatic nitrogens is 2. The van der Waals surface area contributed by atoms with Crippen molar-refractivity contribution in [3.8, 4) is 0 Å². The highest BCUT2D eigenvalue weighted by Gasteiger charge is 1.56. The monoisotopic (exact) mass is 109 g/mol. The van der Waals surface area contributed by atoms with Crippen LogP contribution in [0.2, 0.25) is 13.6 Å². The predicted octanol–water partition coefficient (Wildman–Crippen LogP) is 1.20. The third kappa shape index (κ3) is 5.27. The van der Waals surface area contributed by atoms with E-state index in [1.807, 2.05) is 20.9 Å². The van der Waals surface area contributed by atoms with Crippen molar-refractivity contribution >= 4 is 7.28 Å². The number of imidazole rings is 1. The Morgan fingerprint density at radius 3 is 2.25 bits per heavy atom. The Balaban J connectivity index is 0.000000145. The van der Waals surface area contributed by atoms with E-state index >= 15 is 0 Å². The van der Waals surface area contributed by atoms with Gasteiger partial charge in [-0.1, -0.05) is 13.6 Å². The zero-order chi connectivity index (χ0) is 6.24. The summed E-state index contributed by atoms with van der Waals surface area (Å²) in [6, 6.07) is 0. The Morgan fingerprint density at radius 1 is 1.50 bits per heavy atom. The first-order valence-electron chi connectivity index (χ1n) is 2.58. The van der Waals surface area contributed by atoms with Gasteiger partial charge in [0.05, 0.1) is 6.33 Å². The largest absolute Gasteiger partial charge is 0.351 e. The lowest BCUT2D eigenvalue weighted by molar-refractivity contribution is 1.31. The zero-order valence-electron chi connectivity index (χ0n) is 5.26. The Labute approximate surface area is 50.6 Å². The molecule has 1 radical (unpaired) electrons. The fourth-order valence-corrected chi connectivity index (χ4v) is 0.215. The summed E-state index contributed by atoms with van der Waals surface area (Å²) < 4.78 is 0. The predicted molar refractivity (Wildman–Crippen MR) is 36.1 cm³/mol. The van der Waals surface area contributed by atoms with E-state index in [-0.39, 0.29) is 0 Å². The summed E-state index contributed by atoms with van der Waals surface area (Å²) in [5, 5.41) is 0. The van der Waals surface area contributed by atoms with Gasteiger partial charge < -0.3 is 4.98 Å². The van der Waals surface area contributed by atoms with Gasteiger partial charge in [0.15, 0.2) is 0 Å². The Kier molecular flexibility index (Phi) is 5.71. The second kappa shape index (κ2) is 6.27. The molecule has 1 aromatic rings. The number of H-pyrrole nitrogens is 1. The molecule has 0 saturated heterocycles. The number of nitrogens with zero attached hydrogens (tertiary/aromatic N) is 1. The fourth-order valence-electron chi connectivity index (χ4n) is 0.215. The molecule has 3 heteroatoms. The summed E-state index contributed by atoms with van der Waals surface area (Å²) in [4.78, 5) is 6.42. The van der Waals surface area contributed by atoms with Crippen LogP contribution in [0.5, 0.6) is 0 Å². The highest BCUT2D eigenvalue weighted by molar-refractivity contribution is 6.31. The molecule has 0 spiro atoms. The van der Waals surface area contributed by atoms with Gasteiger partial charge in [-0.05, 0) is 0 Å². The molecule has 0 fully saturated rings. The first-order chi connectivity index (χ1) is 3.91. The van der Waals surface area contributed by atoms with Gasteiger partial charge in [0.2, 0.25) is 0 Å². The molecule has 0 aliphatic carbocycles. The second-order valence-electron chi connectivity index (χ2n) is 1.34. The van der Waals surface area contributed by atoms with Gasteiger partial charge in [0, 0.05) is 12.4 Å². The standard InChI is InChI=1S/C3H4N2.C2H6B/c1-2-5-3-4-1;1-3-2/h1-3H,(H,4,5);1-2H3. The molecule has 0 unspecified atom stereocenters. The summed E-state index contributed by atoms with van der Waals surface area (Å²) >= 11 is 0. The van der Waals surface area contributed by atoms with Crippen molar-refractivity contribution in [2.75, 3.05) is 0 Å². The lowest BCUT2D eigenvalue weighted by Crippen LogP contribution is -1.53. The van der Waals surface area contributed by atoms with Crippen LogP contribution in [0.15, 0.2) is 18.7 Å². The van der Waals surface area contributed by atoms with Crippen molar-refractivity contribution in [2.24, 2.45) is 0 Å². The Bertz CT molecular complexity index is 77.3. The molecular formula is C5H10BN2. The van der Waals surface area contributed by atoms with E-state index in [1.165, 1.54) is 0 Å². The zero-order valence-corrected chi connectivity index (χ0v) is 5.26. The van der Waals surface area contributed by atoms with Crippen molar-refractivity contribution in [1.82, 2.24) is 9.97 Å². The lowest BCUT2D eigenvalue weighted by Gasteiger charge is -1.46. The van der Waals surface area contributed by atoms with Crippen LogP contribution in [-0.2, 0) is 0 Å². The summed E-state index contributed by atoms with van der Waals surface area (Å²) in [6.45, 7) is 4.00. The van der Waals surface area contributed by atoms with Crippen LogP contribution in [0.4, 0.5) is 0 Å². The molecule has 0 amide bonds. The van der Waals surface area contributed by atoms with E-state index in [2.05, 4.69) is 9.97 Å². The maximum absolute atomic E-state index is 3.67. The van der Waals surface area contributed by atoms with Crippen molar-refractivity contribution in [3.63, 3.8) is 0 Å². The fraction of sp³-hybridized carbons (Fsp3) is 0.400. The smallest absolute Gasteiger partial charge is 0.102 e. The van der Waals surface area contributed by atoms with Crippen molar-refractivity contribution in [2.45, 2.75) is 13.6 Å². The average Bonchev–Trinajstić information content (AvgIpc) is 2.17. The number of rotatable bonds is 0. The molecule has 1 aromatic heterocycles. The van der Waals surface area contributed by atoms with Crippen LogP contribution < -0.4 is 0 Å². The van der Waals surface area contributed by atoms with Gasteiger partial charge in [-0.15, -0.1) is 0 Å². The van der Waals surface area contributed by atoms with Crippen molar-refractivity contribution in [1.29, 1.82) is 0 Å². The van der Waals surface area contributed by atoms with E-state index in [0.29, 0.717) is 0 Å². The van der Waals surface area contributed by atoms with E-state index in [0.717, 1.165) is 0 Å². The molecule has 0 aromatic carbocycles. The molecule has 1 rings (SSSR count). The molecule has 2 nitrogen and oxygen atoms in total. The molecular weight excluding hydrogens is 98.9 g/mol. The third-order valence-corrected chi connectivity index (χ3v) is 0.406. The SMILES string of the molecule is C[B]C.c1c[nH]cn1. The first-order valence-corrected chi connectivity index (χ1v) is 2.58. The van der Waals surface area contributed by atoms with Gasteiger partial charge in [-0.25, -0.2) is 4.98 Å². The molecule has 0 atom stereocenters. The number of hydrogen-bond donors (Lipinski definition) is 1. The van der Waals surface area contributed by atoms with E-state index in [4.69, 9.17) is 0 Å². The van der Waals surface area contributed by atoms with Gasteiger partial charge in [0.1, 0.15) is 7.28 Å². The van der Waals surface area contributed by atoms with E-state index in [9.17, 15) is 0 Å². The molecule has 8 heavy (non-hydrogen) atoms. The van der Waals surface area contributed by atoms with Crippen LogP contribution >= 0.6 is 0 Å². The van der Waals surface area contributed by atoms with Gasteiger partial charge in [-0.3, -0.25) is 0 Å². The minimum absolute atomic E-state index is 1.62. The van der Waals surface area contributed by atoms with Crippen molar-refractivity contribution in [3.05, 3.63) is 18.7 Å². The number of hydrogen-bond acceptors (Lipinski definition) is 1. The summed E-state index contributed by atoms with van der Waals surface area (Å²) in [5.41, 5.74) is 0. The van der Waals surface area contributed by atoms with Crippen molar-refractivity contribution < 1.29 is 0 Å². The number of nitrogens with one attached hydrogen (secondary N) is 1. The molecule has 0 saturated carbocycles. The highest BCUT2D eigenvalue weighted by Crippen LogP contribution is 1.62. The molecule has 0 aliphatic rings. The third-order valence-electron chi connectivity index (χ3n) is 0.406. The van der Waals surface area contributed by atoms with Crippen LogP contribution in [0.3, 0.4) is 0 Å². The van der Waals surface area contributed by atoms with Crippen LogP contribution in [0, 0.1) is 0 Å².